The zero-order valence-electron chi connectivity index (χ0n) is 12.7. The minimum absolute atomic E-state index is 0.0386. The molecule has 1 heterocycles. The number of thiazole rings is 1. The maximum Gasteiger partial charge on any atom is 0.244 e. The Bertz CT molecular complexity index is 694. The Morgan fingerprint density at radius 2 is 2.27 bits per heavy atom. The number of aryl methyl sites for hydroxylation is 1. The summed E-state index contributed by atoms with van der Waals surface area (Å²) in [5.41, 5.74) is 1.66. The lowest BCUT2D eigenvalue weighted by Crippen LogP contribution is -2.24. The fraction of sp³-hybridized carbons (Fsp3) is 0.250. The van der Waals surface area contributed by atoms with Crippen LogP contribution in [0, 0.1) is 6.92 Å². The number of methoxy groups -OCH3 is 1. The number of nitrogens with one attached hydrogen (secondary N) is 1. The van der Waals surface area contributed by atoms with Gasteiger partial charge in [0.15, 0.2) is 11.5 Å². The number of ether oxygens (including phenoxy) is 1. The van der Waals surface area contributed by atoms with Gasteiger partial charge in [0.2, 0.25) is 5.91 Å². The van der Waals surface area contributed by atoms with Gasteiger partial charge >= 0.3 is 0 Å². The van der Waals surface area contributed by atoms with Crippen molar-refractivity contribution in [3.05, 3.63) is 45.9 Å². The Balaban J connectivity index is 1.97. The highest BCUT2D eigenvalue weighted by molar-refractivity contribution is 7.09. The van der Waals surface area contributed by atoms with E-state index in [1.165, 1.54) is 30.6 Å². The molecule has 5 nitrogen and oxygen atoms in total. The lowest BCUT2D eigenvalue weighted by Gasteiger charge is -2.09. The Labute approximate surface area is 133 Å². The first-order valence-corrected chi connectivity index (χ1v) is 7.65. The number of aromatic hydroxyl groups is 1. The van der Waals surface area contributed by atoms with Gasteiger partial charge in [-0.25, -0.2) is 4.98 Å². The van der Waals surface area contributed by atoms with Crippen LogP contribution >= 0.6 is 11.3 Å². The molecule has 2 aromatic rings. The fourth-order valence-electron chi connectivity index (χ4n) is 1.88. The average molecular weight is 318 g/mol. The van der Waals surface area contributed by atoms with E-state index < -0.39 is 0 Å². The standard InChI is InChI=1S/C16H18N2O3S/c1-10-9-22-16(17-10)11(2)18-15(20)7-5-12-4-6-14(21-3)13(19)8-12/h4-9,11,19H,1-3H3,(H,18,20)/b7-5+. The molecule has 0 spiro atoms. The molecule has 1 atom stereocenters. The van der Waals surface area contributed by atoms with E-state index in [1.807, 2.05) is 19.2 Å². The van der Waals surface area contributed by atoms with Gasteiger partial charge in [0.1, 0.15) is 5.01 Å². The summed E-state index contributed by atoms with van der Waals surface area (Å²) >= 11 is 1.52. The number of amides is 1. The van der Waals surface area contributed by atoms with E-state index in [1.54, 1.807) is 18.2 Å². The molecular formula is C16H18N2O3S. The van der Waals surface area contributed by atoms with Crippen LogP contribution in [0.3, 0.4) is 0 Å². The predicted octanol–water partition coefficient (Wildman–Crippen LogP) is 3.06. The molecule has 22 heavy (non-hydrogen) atoms. The molecule has 1 amide bonds. The second-order valence-corrected chi connectivity index (χ2v) is 5.71. The van der Waals surface area contributed by atoms with Crippen LogP contribution in [0.25, 0.3) is 6.08 Å². The molecular weight excluding hydrogens is 300 g/mol. The molecule has 1 aromatic heterocycles. The molecule has 0 saturated carbocycles. The summed E-state index contributed by atoms with van der Waals surface area (Å²) in [6, 6.07) is 4.81. The van der Waals surface area contributed by atoms with Gasteiger partial charge in [-0.15, -0.1) is 11.3 Å². The summed E-state index contributed by atoms with van der Waals surface area (Å²) in [6.45, 7) is 3.81. The van der Waals surface area contributed by atoms with Gasteiger partial charge in [-0.2, -0.15) is 0 Å². The van der Waals surface area contributed by atoms with Crippen LogP contribution in [0.1, 0.15) is 29.2 Å². The van der Waals surface area contributed by atoms with Gasteiger partial charge in [-0.3, -0.25) is 4.79 Å². The number of hydrogen-bond donors (Lipinski definition) is 2. The quantitative estimate of drug-likeness (QED) is 0.831. The Morgan fingerprint density at radius 3 is 2.86 bits per heavy atom. The third-order valence-corrected chi connectivity index (χ3v) is 4.14. The highest BCUT2D eigenvalue weighted by Crippen LogP contribution is 2.26. The zero-order chi connectivity index (χ0) is 16.1. The fourth-order valence-corrected chi connectivity index (χ4v) is 2.68. The highest BCUT2D eigenvalue weighted by Gasteiger charge is 2.10. The molecule has 1 aromatic carbocycles. The molecule has 0 aliphatic heterocycles. The number of phenols is 1. The Hall–Kier alpha value is -2.34. The molecule has 0 saturated heterocycles. The average Bonchev–Trinajstić information content (AvgIpc) is 2.92. The van der Waals surface area contributed by atoms with Crippen LogP contribution in [0.5, 0.6) is 11.5 Å². The number of aromatic nitrogens is 1. The first-order chi connectivity index (χ1) is 10.5. The van der Waals surface area contributed by atoms with Crippen LogP contribution in [0.15, 0.2) is 29.7 Å². The molecule has 0 aliphatic carbocycles. The third-order valence-electron chi connectivity index (χ3n) is 3.00. The molecule has 2 rings (SSSR count). The number of nitrogens with zero attached hydrogens (tertiary/aromatic N) is 1. The van der Waals surface area contributed by atoms with Crippen molar-refractivity contribution in [1.29, 1.82) is 0 Å². The van der Waals surface area contributed by atoms with Gasteiger partial charge in [-0.05, 0) is 37.6 Å². The molecule has 0 fully saturated rings. The topological polar surface area (TPSA) is 71.5 Å². The van der Waals surface area contributed by atoms with Crippen molar-refractivity contribution >= 4 is 23.3 Å². The first kappa shape index (κ1) is 16.0. The lowest BCUT2D eigenvalue weighted by molar-refractivity contribution is -0.117. The summed E-state index contributed by atoms with van der Waals surface area (Å²) < 4.78 is 4.97. The zero-order valence-corrected chi connectivity index (χ0v) is 13.5. The van der Waals surface area contributed by atoms with Crippen LogP contribution in [-0.4, -0.2) is 23.1 Å². The van der Waals surface area contributed by atoms with Crippen molar-refractivity contribution in [3.63, 3.8) is 0 Å². The Kier molecular flexibility index (Phi) is 5.16. The van der Waals surface area contributed by atoms with Crippen molar-refractivity contribution in [2.75, 3.05) is 7.11 Å². The minimum Gasteiger partial charge on any atom is -0.504 e. The summed E-state index contributed by atoms with van der Waals surface area (Å²) in [4.78, 5) is 16.3. The third kappa shape index (κ3) is 4.08. The second-order valence-electron chi connectivity index (χ2n) is 4.82. The number of benzene rings is 1. The molecule has 6 heteroatoms. The largest absolute Gasteiger partial charge is 0.504 e. The lowest BCUT2D eigenvalue weighted by atomic mass is 10.2. The van der Waals surface area contributed by atoms with Crippen molar-refractivity contribution in [2.24, 2.45) is 0 Å². The summed E-state index contributed by atoms with van der Waals surface area (Å²) in [5, 5.41) is 15.4. The summed E-state index contributed by atoms with van der Waals surface area (Å²) in [5.74, 6) is 0.224. The van der Waals surface area contributed by atoms with Gasteiger partial charge < -0.3 is 15.2 Å². The van der Waals surface area contributed by atoms with Crippen LogP contribution < -0.4 is 10.1 Å². The second kappa shape index (κ2) is 7.09. The molecule has 0 bridgehead atoms. The minimum atomic E-state index is -0.212. The van der Waals surface area contributed by atoms with E-state index in [4.69, 9.17) is 4.74 Å². The first-order valence-electron chi connectivity index (χ1n) is 6.77. The van der Waals surface area contributed by atoms with E-state index in [2.05, 4.69) is 10.3 Å². The van der Waals surface area contributed by atoms with Crippen LogP contribution in [-0.2, 0) is 4.79 Å². The van der Waals surface area contributed by atoms with E-state index >= 15 is 0 Å². The van der Waals surface area contributed by atoms with Gasteiger partial charge in [0, 0.05) is 17.2 Å². The van der Waals surface area contributed by atoms with Crippen molar-refractivity contribution in [2.45, 2.75) is 19.9 Å². The molecule has 0 radical (unpaired) electrons. The Morgan fingerprint density at radius 1 is 1.50 bits per heavy atom. The molecule has 2 N–H and O–H groups in total. The normalized spacial score (nSPS) is 12.3. The monoisotopic (exact) mass is 318 g/mol. The number of rotatable bonds is 5. The molecule has 116 valence electrons. The van der Waals surface area contributed by atoms with E-state index in [0.29, 0.717) is 11.3 Å². The SMILES string of the molecule is COc1ccc(/C=C/C(=O)NC(C)c2nc(C)cs2)cc1O. The maximum absolute atomic E-state index is 11.9. The van der Waals surface area contributed by atoms with Gasteiger partial charge in [0.25, 0.3) is 0 Å². The van der Waals surface area contributed by atoms with Crippen LogP contribution in [0.2, 0.25) is 0 Å². The van der Waals surface area contributed by atoms with Crippen molar-refractivity contribution in [1.82, 2.24) is 10.3 Å². The number of carbonyl (C=O) groups is 1. The van der Waals surface area contributed by atoms with Gasteiger partial charge in [-0.1, -0.05) is 6.07 Å². The number of carbonyl (C=O) groups excluding carboxylic acids is 1. The van der Waals surface area contributed by atoms with Crippen molar-refractivity contribution in [3.8, 4) is 11.5 Å². The van der Waals surface area contributed by atoms with Gasteiger partial charge in [0.05, 0.1) is 13.2 Å². The smallest absolute Gasteiger partial charge is 0.244 e. The maximum atomic E-state index is 11.9. The molecule has 0 aliphatic rings. The molecule has 1 unspecified atom stereocenters. The van der Waals surface area contributed by atoms with E-state index in [0.717, 1.165) is 10.7 Å². The number of hydrogen-bond acceptors (Lipinski definition) is 5. The van der Waals surface area contributed by atoms with Crippen molar-refractivity contribution < 1.29 is 14.6 Å². The van der Waals surface area contributed by atoms with E-state index in [-0.39, 0.29) is 17.7 Å². The summed E-state index contributed by atoms with van der Waals surface area (Å²) in [6.07, 6.45) is 3.06. The van der Waals surface area contributed by atoms with Crippen LogP contribution in [0.4, 0.5) is 0 Å². The predicted molar refractivity (Wildman–Crippen MR) is 87.1 cm³/mol. The summed E-state index contributed by atoms with van der Waals surface area (Å²) in [7, 11) is 1.49. The number of phenolic OH excluding ortho intramolecular Hbond substituents is 1. The van der Waals surface area contributed by atoms with E-state index in [9.17, 15) is 9.90 Å². The highest BCUT2D eigenvalue weighted by atomic mass is 32.1.